The molecule has 634 valence electrons. The van der Waals surface area contributed by atoms with Crippen molar-refractivity contribution in [1.29, 1.82) is 0 Å². The van der Waals surface area contributed by atoms with Gasteiger partial charge in [0.15, 0.2) is 6.10 Å². The van der Waals surface area contributed by atoms with E-state index < -0.39 is 91.5 Å². The molecule has 18 heteroatoms. The SMILES string of the molecule is CC/C=C\C/C=C\C/C=C\C/C=C\C/C=C\CCCCCCCCCCCCCCCCCCCC(=O)OCC(O)COP(=O)(O)OCC(O)COP(=O)(O)OCC(COC(=O)CCCCCCCCCCC/C=C\C/C=C\C/C=C\C/C=C\CCCCC)OC(=O)CCC/C=C\C/C=C\C/C=C\C/C=C\C/C=C\CC. The Hall–Kier alpha value is -5.09. The highest BCUT2D eigenvalue weighted by Crippen LogP contribution is 2.45. The number of ether oxygens (including phenoxy) is 3. The average Bonchev–Trinajstić information content (AvgIpc) is 0.901. The zero-order chi connectivity index (χ0) is 80.8. The van der Waals surface area contributed by atoms with Gasteiger partial charge in [-0.1, -0.05) is 345 Å². The molecule has 5 unspecified atom stereocenters. The summed E-state index contributed by atoms with van der Waals surface area (Å²) in [5, 5.41) is 20.7. The van der Waals surface area contributed by atoms with Crippen LogP contribution in [0.5, 0.6) is 0 Å². The number of esters is 3. The van der Waals surface area contributed by atoms with Crippen molar-refractivity contribution in [3.05, 3.63) is 170 Å². The van der Waals surface area contributed by atoms with E-state index in [1.165, 1.54) is 141 Å². The van der Waals surface area contributed by atoms with Crippen LogP contribution < -0.4 is 0 Å². The molecule has 0 bridgehead atoms. The number of carbonyl (C=O) groups is 3. The maximum Gasteiger partial charge on any atom is 0.472 e. The minimum absolute atomic E-state index is 0.0204. The Morgan fingerprint density at radius 2 is 0.486 bits per heavy atom. The number of hydrogen-bond acceptors (Lipinski definition) is 14. The first-order chi connectivity index (χ1) is 54.2. The van der Waals surface area contributed by atoms with E-state index >= 15 is 0 Å². The molecule has 4 N–H and O–H groups in total. The highest BCUT2D eigenvalue weighted by atomic mass is 31.2. The molecule has 0 aromatic carbocycles. The van der Waals surface area contributed by atoms with Crippen LogP contribution in [0.4, 0.5) is 0 Å². The number of phosphoric ester groups is 2. The monoisotopic (exact) mass is 1590 g/mol. The van der Waals surface area contributed by atoms with Crippen LogP contribution in [0.1, 0.15) is 342 Å². The largest absolute Gasteiger partial charge is 0.472 e. The fourth-order valence-electron chi connectivity index (χ4n) is 11.4. The van der Waals surface area contributed by atoms with Crippen molar-refractivity contribution in [1.82, 2.24) is 0 Å². The van der Waals surface area contributed by atoms with Crippen LogP contribution in [0.15, 0.2) is 170 Å². The second kappa shape index (κ2) is 84.3. The van der Waals surface area contributed by atoms with Gasteiger partial charge < -0.3 is 34.2 Å². The quantitative estimate of drug-likeness (QED) is 0.0146. The van der Waals surface area contributed by atoms with Crippen molar-refractivity contribution in [2.24, 2.45) is 0 Å². The van der Waals surface area contributed by atoms with Gasteiger partial charge in [0.25, 0.3) is 0 Å². The Balaban J connectivity index is 4.54. The number of phosphoric acid groups is 2. The molecular weight excluding hydrogens is 1430 g/mol. The topological polar surface area (TPSA) is 231 Å². The highest BCUT2D eigenvalue weighted by molar-refractivity contribution is 7.47. The third kappa shape index (κ3) is 85.6. The van der Waals surface area contributed by atoms with E-state index in [1.54, 1.807) is 0 Å². The standard InChI is InChI=1S/C93H156O16P2/c1-4-7-10-13-16-19-22-25-28-31-33-35-37-39-40-41-42-43-44-45-46-48-50-51-53-56-58-61-64-67-70-73-76-79-91(96)103-82-88(94)83-105-110(99,100)106-84-89(95)85-107-111(101,102)108-87-90(109-93(98)81-78-75-72-69-66-63-60-55-30-27-24-21-18-15-12-9-6-3)86-104-92(97)80-77-74-71-68-65-62-59-57-54-52-49-47-38-36-34-32-29-26-23-20-17-14-11-8-5-2/h7,9-10,12,16-21,25-30,33-36,39-40,47,49,60,63,69,72,88-90,94-95H,4-6,8,11,13-15,22-24,31-32,37-38,41-46,48,50-59,61-62,64-68,70-71,73-87H2,1-3H3,(H,99,100)(H,101,102)/b10-7-,12-9-,19-16-,20-17-,21-18-,28-25-,29-26-,30-27-,35-33-,36-34-,40-39-,49-47-,63-60-,72-69-. The zero-order valence-electron chi connectivity index (χ0n) is 69.6. The summed E-state index contributed by atoms with van der Waals surface area (Å²) in [4.78, 5) is 58.8. The second-order valence-corrected chi connectivity index (χ2v) is 31.5. The van der Waals surface area contributed by atoms with Gasteiger partial charge in [-0.15, -0.1) is 0 Å². The normalized spacial score (nSPS) is 14.7. The molecule has 0 saturated heterocycles. The summed E-state index contributed by atoms with van der Waals surface area (Å²) >= 11 is 0. The molecule has 0 amide bonds. The summed E-state index contributed by atoms with van der Waals surface area (Å²) in [6.45, 7) is 2.37. The molecule has 111 heavy (non-hydrogen) atoms. The van der Waals surface area contributed by atoms with Gasteiger partial charge >= 0.3 is 33.6 Å². The van der Waals surface area contributed by atoms with Crippen molar-refractivity contribution >= 4 is 33.6 Å². The molecule has 0 rings (SSSR count). The van der Waals surface area contributed by atoms with E-state index in [9.17, 15) is 43.5 Å². The molecule has 16 nitrogen and oxygen atoms in total. The Kier molecular flexibility index (Phi) is 80.4. The van der Waals surface area contributed by atoms with Crippen molar-refractivity contribution < 1.29 is 75.8 Å². The van der Waals surface area contributed by atoms with Crippen LogP contribution in [-0.2, 0) is 55.8 Å². The van der Waals surface area contributed by atoms with Gasteiger partial charge in [-0.05, 0) is 148 Å². The van der Waals surface area contributed by atoms with Gasteiger partial charge in [0.05, 0.1) is 26.4 Å². The fourth-order valence-corrected chi connectivity index (χ4v) is 13.0. The predicted octanol–water partition coefficient (Wildman–Crippen LogP) is 26.3. The third-order valence-electron chi connectivity index (χ3n) is 17.9. The van der Waals surface area contributed by atoms with Crippen LogP contribution in [0.3, 0.4) is 0 Å². The lowest BCUT2D eigenvalue weighted by molar-refractivity contribution is -0.161. The van der Waals surface area contributed by atoms with Crippen LogP contribution in [0.2, 0.25) is 0 Å². The van der Waals surface area contributed by atoms with Crippen molar-refractivity contribution in [2.75, 3.05) is 39.6 Å². The number of rotatable bonds is 81. The molecule has 0 aliphatic rings. The number of unbranched alkanes of at least 4 members (excludes halogenated alkanes) is 30. The van der Waals surface area contributed by atoms with Gasteiger partial charge in [-0.3, -0.25) is 32.5 Å². The van der Waals surface area contributed by atoms with E-state index in [4.69, 9.17) is 32.3 Å². The van der Waals surface area contributed by atoms with Gasteiger partial charge in [0.1, 0.15) is 25.4 Å². The molecule has 0 fully saturated rings. The number of aliphatic hydroxyl groups is 2. The molecule has 0 radical (unpaired) electrons. The lowest BCUT2D eigenvalue weighted by Gasteiger charge is -2.21. The molecule has 0 aliphatic heterocycles. The van der Waals surface area contributed by atoms with Crippen LogP contribution in [-0.4, -0.2) is 95.9 Å². The number of allylic oxidation sites excluding steroid dienone is 28. The minimum Gasteiger partial charge on any atom is -0.463 e. The van der Waals surface area contributed by atoms with Gasteiger partial charge in [0.2, 0.25) is 0 Å². The van der Waals surface area contributed by atoms with Crippen molar-refractivity contribution in [2.45, 2.75) is 360 Å². The smallest absolute Gasteiger partial charge is 0.463 e. The van der Waals surface area contributed by atoms with Crippen molar-refractivity contribution in [3.8, 4) is 0 Å². The Morgan fingerprint density at radius 1 is 0.261 bits per heavy atom. The summed E-state index contributed by atoms with van der Waals surface area (Å²) in [7, 11) is -9.83. The van der Waals surface area contributed by atoms with E-state index in [1.807, 2.05) is 12.2 Å². The highest BCUT2D eigenvalue weighted by Gasteiger charge is 2.29. The van der Waals surface area contributed by atoms with Gasteiger partial charge in [-0.2, -0.15) is 0 Å². The Bertz CT molecular complexity index is 2700. The van der Waals surface area contributed by atoms with Gasteiger partial charge in [0, 0.05) is 19.3 Å². The molecular formula is C93H156O16P2. The number of aliphatic hydroxyl groups excluding tert-OH is 2. The molecule has 0 saturated carbocycles. The second-order valence-electron chi connectivity index (χ2n) is 28.6. The average molecular weight is 1590 g/mol. The van der Waals surface area contributed by atoms with E-state index in [2.05, 4.69) is 179 Å². The molecule has 5 atom stereocenters. The van der Waals surface area contributed by atoms with Crippen molar-refractivity contribution in [3.63, 3.8) is 0 Å². The summed E-state index contributed by atoms with van der Waals surface area (Å²) in [6.07, 6.45) is 108. The van der Waals surface area contributed by atoms with Crippen LogP contribution >= 0.6 is 15.6 Å². The van der Waals surface area contributed by atoms with Gasteiger partial charge in [-0.25, -0.2) is 9.13 Å². The van der Waals surface area contributed by atoms with E-state index in [-0.39, 0.29) is 19.3 Å². The number of hydrogen-bond donors (Lipinski definition) is 4. The fraction of sp³-hybridized carbons (Fsp3) is 0.667. The summed E-state index contributed by atoms with van der Waals surface area (Å²) in [5.74, 6) is -1.65. The maximum absolute atomic E-state index is 13.0. The first kappa shape index (κ1) is 106. The summed E-state index contributed by atoms with van der Waals surface area (Å²) < 4.78 is 61.2. The summed E-state index contributed by atoms with van der Waals surface area (Å²) in [6, 6.07) is 0. The molecule has 0 aromatic heterocycles. The third-order valence-corrected chi connectivity index (χ3v) is 19.8. The lowest BCUT2D eigenvalue weighted by atomic mass is 10.0. The molecule has 0 spiro atoms. The Morgan fingerprint density at radius 3 is 0.784 bits per heavy atom. The zero-order valence-corrected chi connectivity index (χ0v) is 71.4. The first-order valence-electron chi connectivity index (χ1n) is 43.4. The molecule has 0 heterocycles. The lowest BCUT2D eigenvalue weighted by Crippen LogP contribution is -2.30. The van der Waals surface area contributed by atoms with Crippen LogP contribution in [0, 0.1) is 0 Å². The minimum atomic E-state index is -4.96. The Labute approximate surface area is 675 Å². The van der Waals surface area contributed by atoms with Crippen LogP contribution in [0.25, 0.3) is 0 Å². The number of carbonyl (C=O) groups excluding carboxylic acids is 3. The van der Waals surface area contributed by atoms with E-state index in [0.29, 0.717) is 25.7 Å². The first-order valence-corrected chi connectivity index (χ1v) is 46.4. The molecule has 0 aliphatic carbocycles. The molecule has 0 aromatic rings. The summed E-state index contributed by atoms with van der Waals surface area (Å²) in [5.41, 5.74) is 0. The van der Waals surface area contributed by atoms with E-state index in [0.717, 1.165) is 135 Å². The predicted molar refractivity (Wildman–Crippen MR) is 463 cm³/mol. The maximum atomic E-state index is 13.0.